The van der Waals surface area contributed by atoms with Gasteiger partial charge in [0.25, 0.3) is 10.0 Å². The van der Waals surface area contributed by atoms with Gasteiger partial charge in [-0.05, 0) is 0 Å². The van der Waals surface area contributed by atoms with Crippen molar-refractivity contribution in [2.75, 3.05) is 6.54 Å². The second kappa shape index (κ2) is 3.97. The maximum Gasteiger partial charge on any atom is 0.318 e. The van der Waals surface area contributed by atoms with Crippen LogP contribution in [0.15, 0.2) is 0 Å². The molecule has 72 valence electrons. The topological polar surface area (TPSA) is 83.5 Å². The molecule has 0 aliphatic carbocycles. The van der Waals surface area contributed by atoms with E-state index >= 15 is 0 Å². The number of hydrogen-bond acceptors (Lipinski definition) is 3. The molecule has 0 aliphatic heterocycles. The zero-order valence-corrected chi connectivity index (χ0v) is 8.51. The molecule has 9 heteroatoms. The van der Waals surface area contributed by atoms with Gasteiger partial charge in [-0.15, -0.1) is 0 Å². The molecule has 0 aromatic rings. The number of halogens is 3. The first-order valence-electron chi connectivity index (χ1n) is 2.44. The van der Waals surface area contributed by atoms with Gasteiger partial charge in [-0.25, -0.2) is 13.1 Å². The third-order valence-corrected chi connectivity index (χ3v) is 3.68. The fraction of sp³-hybridized carbons (Fsp3) is 0.667. The number of carbonyl (C=O) groups is 1. The Balaban J connectivity index is 4.37. The van der Waals surface area contributed by atoms with Gasteiger partial charge in [-0.1, -0.05) is 34.8 Å². The Hall–Kier alpha value is 0.250. The third kappa shape index (κ3) is 3.77. The molecule has 0 aromatic heterocycles. The van der Waals surface area contributed by atoms with Gasteiger partial charge in [-0.3, -0.25) is 4.79 Å². The van der Waals surface area contributed by atoms with Gasteiger partial charge in [-0.2, -0.15) is 0 Å². The number of hydrogen-bond donors (Lipinski definition) is 2. The molecule has 0 bridgehead atoms. The van der Waals surface area contributed by atoms with Crippen molar-refractivity contribution in [1.82, 2.24) is 4.72 Å². The summed E-state index contributed by atoms with van der Waals surface area (Å²) in [6.07, 6.45) is 0. The Bertz CT molecular complexity index is 268. The van der Waals surface area contributed by atoms with E-state index in [0.717, 1.165) is 0 Å². The number of sulfonamides is 1. The van der Waals surface area contributed by atoms with Gasteiger partial charge in [0.2, 0.25) is 0 Å². The molecule has 0 aliphatic rings. The van der Waals surface area contributed by atoms with E-state index in [4.69, 9.17) is 39.9 Å². The maximum absolute atomic E-state index is 10.8. The fourth-order valence-corrected chi connectivity index (χ4v) is 1.21. The van der Waals surface area contributed by atoms with Gasteiger partial charge in [0.1, 0.15) is 6.54 Å². The Morgan fingerprint density at radius 2 is 1.83 bits per heavy atom. The predicted octanol–water partition coefficient (Wildman–Crippen LogP) is 0.318. The Labute approximate surface area is 83.6 Å². The van der Waals surface area contributed by atoms with Gasteiger partial charge in [0, 0.05) is 0 Å². The summed E-state index contributed by atoms with van der Waals surface area (Å²) in [6, 6.07) is 0. The van der Waals surface area contributed by atoms with Crippen LogP contribution in [0, 0.1) is 0 Å². The summed E-state index contributed by atoms with van der Waals surface area (Å²) in [5, 5.41) is 8.09. The molecule has 0 spiro atoms. The molecule has 0 rings (SSSR count). The van der Waals surface area contributed by atoms with Gasteiger partial charge in [0.15, 0.2) is 0 Å². The number of nitrogens with one attached hydrogen (secondary N) is 1. The molecule has 0 heterocycles. The largest absolute Gasteiger partial charge is 0.480 e. The van der Waals surface area contributed by atoms with Gasteiger partial charge >= 0.3 is 9.09 Å². The average molecular weight is 256 g/mol. The van der Waals surface area contributed by atoms with Crippen LogP contribution in [0.5, 0.6) is 0 Å². The van der Waals surface area contributed by atoms with Crippen LogP contribution in [0.4, 0.5) is 0 Å². The molecule has 0 radical (unpaired) electrons. The van der Waals surface area contributed by atoms with E-state index in [0.29, 0.717) is 0 Å². The zero-order chi connectivity index (χ0) is 9.99. The highest BCUT2D eigenvalue weighted by atomic mass is 35.6. The zero-order valence-electron chi connectivity index (χ0n) is 5.42. The standard InChI is InChI=1S/C3H4Cl3NO4S/c4-3(5,6)12(10,11)7-1-2(8)9/h7H,1H2,(H,8,9). The summed E-state index contributed by atoms with van der Waals surface area (Å²) in [6.45, 7) is -0.823. The number of carboxylic acids is 1. The minimum atomic E-state index is -4.23. The fourth-order valence-electron chi connectivity index (χ4n) is 0.239. The minimum absolute atomic E-state index is 0.823. The molecule has 0 atom stereocenters. The van der Waals surface area contributed by atoms with Crippen molar-refractivity contribution in [2.24, 2.45) is 0 Å². The average Bonchev–Trinajstić information content (AvgIpc) is 1.81. The molecule has 2 N–H and O–H groups in total. The molecular formula is C3H4Cl3NO4S. The van der Waals surface area contributed by atoms with E-state index in [-0.39, 0.29) is 0 Å². The summed E-state index contributed by atoms with van der Waals surface area (Å²) >= 11 is 15.0. The number of aliphatic carboxylic acids is 1. The second-order valence-corrected chi connectivity index (χ2v) is 6.53. The highest BCUT2D eigenvalue weighted by molar-refractivity contribution is 7.95. The SMILES string of the molecule is O=C(O)CNS(=O)(=O)C(Cl)(Cl)Cl. The van der Waals surface area contributed by atoms with Crippen molar-refractivity contribution >= 4 is 50.8 Å². The third-order valence-electron chi connectivity index (χ3n) is 0.718. The molecular weight excluding hydrogens is 252 g/mol. The van der Waals surface area contributed by atoms with Crippen LogP contribution in [-0.4, -0.2) is 29.2 Å². The van der Waals surface area contributed by atoms with Crippen molar-refractivity contribution < 1.29 is 18.3 Å². The van der Waals surface area contributed by atoms with Crippen LogP contribution >= 0.6 is 34.8 Å². The lowest BCUT2D eigenvalue weighted by Crippen LogP contribution is -2.37. The van der Waals surface area contributed by atoms with Gasteiger partial charge < -0.3 is 5.11 Å². The quantitative estimate of drug-likeness (QED) is 0.712. The van der Waals surface area contributed by atoms with E-state index in [2.05, 4.69) is 0 Å². The second-order valence-electron chi connectivity index (χ2n) is 1.66. The maximum atomic E-state index is 10.8. The first kappa shape index (κ1) is 12.2. The Morgan fingerprint density at radius 3 is 2.08 bits per heavy atom. The lowest BCUT2D eigenvalue weighted by atomic mass is 10.7. The van der Waals surface area contributed by atoms with Crippen LogP contribution in [0.3, 0.4) is 0 Å². The molecule has 0 aromatic carbocycles. The summed E-state index contributed by atoms with van der Waals surface area (Å²) in [4.78, 5) is 9.92. The first-order chi connectivity index (χ1) is 5.17. The molecule has 0 saturated carbocycles. The predicted molar refractivity (Wildman–Crippen MR) is 44.8 cm³/mol. The molecule has 0 amide bonds. The minimum Gasteiger partial charge on any atom is -0.480 e. The molecule has 12 heavy (non-hydrogen) atoms. The summed E-state index contributed by atoms with van der Waals surface area (Å²) < 4.78 is 20.6. The Morgan fingerprint density at radius 1 is 1.42 bits per heavy atom. The Kier molecular flexibility index (Phi) is 4.05. The molecule has 5 nitrogen and oxygen atoms in total. The van der Waals surface area contributed by atoms with E-state index < -0.39 is 25.7 Å². The normalized spacial score (nSPS) is 12.9. The van der Waals surface area contributed by atoms with Crippen molar-refractivity contribution in [1.29, 1.82) is 0 Å². The van der Waals surface area contributed by atoms with Crippen molar-refractivity contribution in [3.8, 4) is 0 Å². The van der Waals surface area contributed by atoms with E-state index in [1.54, 1.807) is 4.72 Å². The number of carboxylic acid groups (broad SMARTS) is 1. The number of rotatable bonds is 3. The molecule has 0 saturated heterocycles. The van der Waals surface area contributed by atoms with Gasteiger partial charge in [0.05, 0.1) is 0 Å². The molecule has 0 unspecified atom stereocenters. The lowest BCUT2D eigenvalue weighted by molar-refractivity contribution is -0.135. The highest BCUT2D eigenvalue weighted by Gasteiger charge is 2.37. The first-order valence-corrected chi connectivity index (χ1v) is 5.06. The summed E-state index contributed by atoms with van der Waals surface area (Å²) in [5.74, 6) is -1.37. The van der Waals surface area contributed by atoms with Crippen LogP contribution in [0.25, 0.3) is 0 Å². The van der Waals surface area contributed by atoms with Crippen LogP contribution < -0.4 is 4.72 Å². The number of alkyl halides is 3. The lowest BCUT2D eigenvalue weighted by Gasteiger charge is -2.11. The van der Waals surface area contributed by atoms with Crippen LogP contribution in [-0.2, 0) is 14.8 Å². The molecule has 0 fully saturated rings. The van der Waals surface area contributed by atoms with Crippen LogP contribution in [0.1, 0.15) is 0 Å². The monoisotopic (exact) mass is 255 g/mol. The summed E-state index contributed by atoms with van der Waals surface area (Å²) in [7, 11) is -4.23. The van der Waals surface area contributed by atoms with Crippen molar-refractivity contribution in [3.63, 3.8) is 0 Å². The van der Waals surface area contributed by atoms with E-state index in [9.17, 15) is 13.2 Å². The van der Waals surface area contributed by atoms with Crippen molar-refractivity contribution in [3.05, 3.63) is 0 Å². The van der Waals surface area contributed by atoms with E-state index in [1.165, 1.54) is 0 Å². The highest BCUT2D eigenvalue weighted by Crippen LogP contribution is 2.31. The smallest absolute Gasteiger partial charge is 0.318 e. The summed E-state index contributed by atoms with van der Waals surface area (Å²) in [5.41, 5.74) is 0. The van der Waals surface area contributed by atoms with Crippen molar-refractivity contribution in [2.45, 2.75) is 3.12 Å². The van der Waals surface area contributed by atoms with Crippen LogP contribution in [0.2, 0.25) is 0 Å². The van der Waals surface area contributed by atoms with E-state index in [1.807, 2.05) is 0 Å².